The van der Waals surface area contributed by atoms with E-state index in [1.807, 2.05) is 18.2 Å². The molecule has 2 N–H and O–H groups in total. The third kappa shape index (κ3) is 6.50. The van der Waals surface area contributed by atoms with Crippen LogP contribution in [-0.2, 0) is 14.3 Å². The maximum atomic E-state index is 12.5. The highest BCUT2D eigenvalue weighted by molar-refractivity contribution is 7.14. The summed E-state index contributed by atoms with van der Waals surface area (Å²) in [7, 11) is 1.44. The summed E-state index contributed by atoms with van der Waals surface area (Å²) in [5.74, 6) is -0.456. The number of aromatic nitrogens is 1. The first kappa shape index (κ1) is 21.1. The molecule has 0 saturated carbocycles. The van der Waals surface area contributed by atoms with Crippen molar-refractivity contribution in [1.82, 2.24) is 10.3 Å². The van der Waals surface area contributed by atoms with Crippen molar-refractivity contribution in [3.8, 4) is 11.3 Å². The Morgan fingerprint density at radius 1 is 1.30 bits per heavy atom. The first-order chi connectivity index (χ1) is 12.7. The SMILES string of the molecule is COC[C@H](NC(=O)OC(C)(C)C)C(=O)Nc1nc(-c2ccccc2Cl)cs1. The minimum absolute atomic E-state index is 0.00613. The molecule has 2 aromatic rings. The van der Waals surface area contributed by atoms with Gasteiger partial charge >= 0.3 is 6.09 Å². The van der Waals surface area contributed by atoms with Crippen molar-refractivity contribution in [2.75, 3.05) is 19.0 Å². The number of anilines is 1. The molecule has 7 nitrogen and oxygen atoms in total. The molecule has 1 aromatic carbocycles. The van der Waals surface area contributed by atoms with Gasteiger partial charge in [-0.3, -0.25) is 4.79 Å². The summed E-state index contributed by atoms with van der Waals surface area (Å²) in [5.41, 5.74) is 0.762. The van der Waals surface area contributed by atoms with E-state index in [0.29, 0.717) is 15.8 Å². The molecule has 1 aromatic heterocycles. The molecule has 0 saturated heterocycles. The van der Waals surface area contributed by atoms with Gasteiger partial charge in [-0.2, -0.15) is 0 Å². The van der Waals surface area contributed by atoms with E-state index >= 15 is 0 Å². The Bertz CT molecular complexity index is 804. The lowest BCUT2D eigenvalue weighted by atomic mass is 10.2. The molecule has 1 heterocycles. The third-order valence-electron chi connectivity index (χ3n) is 3.22. The Hall–Kier alpha value is -2.16. The Balaban J connectivity index is 2.05. The Morgan fingerprint density at radius 2 is 2.00 bits per heavy atom. The number of nitrogens with one attached hydrogen (secondary N) is 2. The third-order valence-corrected chi connectivity index (χ3v) is 4.31. The number of carbonyl (C=O) groups excluding carboxylic acids is 2. The Morgan fingerprint density at radius 3 is 2.63 bits per heavy atom. The maximum absolute atomic E-state index is 12.5. The van der Waals surface area contributed by atoms with Gasteiger partial charge in [0.15, 0.2) is 5.13 Å². The molecule has 146 valence electrons. The molecule has 27 heavy (non-hydrogen) atoms. The fourth-order valence-corrected chi connectivity index (χ4v) is 3.06. The minimum Gasteiger partial charge on any atom is -0.444 e. The molecule has 1 atom stereocenters. The fourth-order valence-electron chi connectivity index (χ4n) is 2.12. The van der Waals surface area contributed by atoms with Gasteiger partial charge in [0, 0.05) is 23.1 Å². The molecule has 0 spiro atoms. The van der Waals surface area contributed by atoms with Crippen molar-refractivity contribution in [1.29, 1.82) is 0 Å². The average Bonchev–Trinajstić information content (AvgIpc) is 3.01. The number of nitrogens with zero attached hydrogens (tertiary/aromatic N) is 1. The lowest BCUT2D eigenvalue weighted by Gasteiger charge is -2.22. The van der Waals surface area contributed by atoms with E-state index in [9.17, 15) is 9.59 Å². The maximum Gasteiger partial charge on any atom is 0.408 e. The molecule has 2 amide bonds. The van der Waals surface area contributed by atoms with Crippen molar-refractivity contribution in [2.24, 2.45) is 0 Å². The van der Waals surface area contributed by atoms with E-state index in [4.69, 9.17) is 21.1 Å². The second-order valence-electron chi connectivity index (χ2n) is 6.66. The van der Waals surface area contributed by atoms with Crippen LogP contribution in [0.1, 0.15) is 20.8 Å². The first-order valence-corrected chi connectivity index (χ1v) is 9.45. The van der Waals surface area contributed by atoms with Crippen molar-refractivity contribution in [3.05, 3.63) is 34.7 Å². The fraction of sp³-hybridized carbons (Fsp3) is 0.389. The minimum atomic E-state index is -0.919. The summed E-state index contributed by atoms with van der Waals surface area (Å²) in [5, 5.41) is 7.94. The zero-order chi connectivity index (χ0) is 20.0. The zero-order valence-corrected chi connectivity index (χ0v) is 17.1. The molecule has 0 aliphatic heterocycles. The number of amides is 2. The largest absolute Gasteiger partial charge is 0.444 e. The number of rotatable bonds is 6. The van der Waals surface area contributed by atoms with Gasteiger partial charge in [0.1, 0.15) is 11.6 Å². The summed E-state index contributed by atoms with van der Waals surface area (Å²) in [6.07, 6.45) is -0.699. The number of thiazole rings is 1. The van der Waals surface area contributed by atoms with Crippen LogP contribution in [0.2, 0.25) is 5.02 Å². The van der Waals surface area contributed by atoms with Crippen LogP contribution >= 0.6 is 22.9 Å². The predicted molar refractivity (Wildman–Crippen MR) is 106 cm³/mol. The van der Waals surface area contributed by atoms with Crippen LogP contribution in [0, 0.1) is 0 Å². The first-order valence-electron chi connectivity index (χ1n) is 8.19. The van der Waals surface area contributed by atoms with Crippen LogP contribution in [0.4, 0.5) is 9.93 Å². The summed E-state index contributed by atoms with van der Waals surface area (Å²) in [6.45, 7) is 5.21. The topological polar surface area (TPSA) is 89.5 Å². The van der Waals surface area contributed by atoms with Gasteiger partial charge in [-0.1, -0.05) is 29.8 Å². The van der Waals surface area contributed by atoms with Crippen molar-refractivity contribution in [3.63, 3.8) is 0 Å². The molecule has 0 aliphatic carbocycles. The van der Waals surface area contributed by atoms with E-state index < -0.39 is 23.6 Å². The highest BCUT2D eigenvalue weighted by Crippen LogP contribution is 2.30. The molecule has 0 bridgehead atoms. The van der Waals surface area contributed by atoms with Crippen molar-refractivity contribution in [2.45, 2.75) is 32.4 Å². The summed E-state index contributed by atoms with van der Waals surface area (Å²) >= 11 is 7.43. The van der Waals surface area contributed by atoms with E-state index in [1.165, 1.54) is 18.4 Å². The highest BCUT2D eigenvalue weighted by atomic mass is 35.5. The summed E-state index contributed by atoms with van der Waals surface area (Å²) in [4.78, 5) is 28.8. The summed E-state index contributed by atoms with van der Waals surface area (Å²) in [6, 6.07) is 6.39. The number of hydrogen-bond acceptors (Lipinski definition) is 6. The molecule has 9 heteroatoms. The van der Waals surface area contributed by atoms with Crippen LogP contribution in [-0.4, -0.2) is 42.3 Å². The summed E-state index contributed by atoms with van der Waals surface area (Å²) < 4.78 is 10.2. The standard InChI is InChI=1S/C18H22ClN3O4S/c1-18(2,3)26-17(24)21-13(9-25-4)15(23)22-16-20-14(10-27-16)11-7-5-6-8-12(11)19/h5-8,10,13H,9H2,1-4H3,(H,21,24)(H,20,22,23)/t13-/m0/s1. The van der Waals surface area contributed by atoms with Gasteiger partial charge in [-0.25, -0.2) is 9.78 Å². The van der Waals surface area contributed by atoms with Gasteiger partial charge in [0.2, 0.25) is 0 Å². The van der Waals surface area contributed by atoms with Crippen LogP contribution in [0.15, 0.2) is 29.6 Å². The molecule has 0 radical (unpaired) electrons. The lowest BCUT2D eigenvalue weighted by molar-refractivity contribution is -0.119. The second kappa shape index (κ2) is 9.16. The highest BCUT2D eigenvalue weighted by Gasteiger charge is 2.25. The van der Waals surface area contributed by atoms with E-state index in [0.717, 1.165) is 5.56 Å². The molecule has 0 aliphatic rings. The van der Waals surface area contributed by atoms with Gasteiger partial charge in [-0.05, 0) is 26.8 Å². The predicted octanol–water partition coefficient (Wildman–Crippen LogP) is 3.94. The number of ether oxygens (including phenoxy) is 2. The van der Waals surface area contributed by atoms with E-state index in [1.54, 1.807) is 32.2 Å². The second-order valence-corrected chi connectivity index (χ2v) is 7.93. The number of methoxy groups -OCH3 is 1. The number of carbonyl (C=O) groups is 2. The number of hydrogen-bond donors (Lipinski definition) is 2. The smallest absolute Gasteiger partial charge is 0.408 e. The molecule has 0 unspecified atom stereocenters. The average molecular weight is 412 g/mol. The van der Waals surface area contributed by atoms with E-state index in [-0.39, 0.29) is 6.61 Å². The van der Waals surface area contributed by atoms with Crippen LogP contribution in [0.5, 0.6) is 0 Å². The molecule has 2 rings (SSSR count). The van der Waals surface area contributed by atoms with Crippen LogP contribution < -0.4 is 10.6 Å². The number of halogens is 1. The number of benzene rings is 1. The number of alkyl carbamates (subject to hydrolysis) is 1. The van der Waals surface area contributed by atoms with Crippen molar-refractivity contribution >= 4 is 40.1 Å². The normalized spacial score (nSPS) is 12.3. The van der Waals surface area contributed by atoms with Gasteiger partial charge in [0.25, 0.3) is 5.91 Å². The van der Waals surface area contributed by atoms with Crippen LogP contribution in [0.25, 0.3) is 11.3 Å². The molecule has 0 fully saturated rings. The van der Waals surface area contributed by atoms with Crippen LogP contribution in [0.3, 0.4) is 0 Å². The van der Waals surface area contributed by atoms with Gasteiger partial charge in [-0.15, -0.1) is 11.3 Å². The van der Waals surface area contributed by atoms with Gasteiger partial charge in [0.05, 0.1) is 12.3 Å². The zero-order valence-electron chi connectivity index (χ0n) is 15.5. The molecular weight excluding hydrogens is 390 g/mol. The Kier molecular flexibility index (Phi) is 7.18. The Labute approximate surface area is 167 Å². The van der Waals surface area contributed by atoms with Crippen molar-refractivity contribution < 1.29 is 19.1 Å². The molecular formula is C18H22ClN3O4S. The quantitative estimate of drug-likeness (QED) is 0.751. The monoisotopic (exact) mass is 411 g/mol. The van der Waals surface area contributed by atoms with Gasteiger partial charge < -0.3 is 20.1 Å². The van der Waals surface area contributed by atoms with E-state index in [2.05, 4.69) is 15.6 Å². The lowest BCUT2D eigenvalue weighted by Crippen LogP contribution is -2.48.